The summed E-state index contributed by atoms with van der Waals surface area (Å²) in [7, 11) is 0. The maximum absolute atomic E-state index is 12.0. The van der Waals surface area contributed by atoms with E-state index in [4.69, 9.17) is 4.74 Å². The van der Waals surface area contributed by atoms with Crippen molar-refractivity contribution >= 4 is 11.8 Å². The second-order valence-electron chi connectivity index (χ2n) is 4.86. The molecule has 0 aliphatic carbocycles. The first-order valence-electron chi connectivity index (χ1n) is 6.83. The summed E-state index contributed by atoms with van der Waals surface area (Å²) in [5.74, 6) is -0.467. The van der Waals surface area contributed by atoms with Gasteiger partial charge in [0.1, 0.15) is 11.5 Å². The number of benzene rings is 1. The Bertz CT molecular complexity index is 619. The molecule has 1 aromatic heterocycles. The number of carbonyl (C=O) groups is 2. The normalized spacial score (nSPS) is 11.9. The van der Waals surface area contributed by atoms with Crippen LogP contribution in [-0.2, 0) is 9.53 Å². The molecule has 5 nitrogen and oxygen atoms in total. The van der Waals surface area contributed by atoms with Crippen LogP contribution in [0.4, 0.5) is 0 Å². The van der Waals surface area contributed by atoms with Gasteiger partial charge in [-0.25, -0.2) is 9.78 Å². The minimum atomic E-state index is -0.462. The van der Waals surface area contributed by atoms with Gasteiger partial charge in [-0.3, -0.25) is 4.79 Å². The molecule has 1 unspecified atom stereocenters. The van der Waals surface area contributed by atoms with E-state index in [9.17, 15) is 9.59 Å². The molecule has 0 aliphatic rings. The Morgan fingerprint density at radius 3 is 2.67 bits per heavy atom. The van der Waals surface area contributed by atoms with Crippen molar-refractivity contribution in [3.63, 3.8) is 0 Å². The highest BCUT2D eigenvalue weighted by atomic mass is 16.5. The zero-order valence-corrected chi connectivity index (χ0v) is 12.2. The van der Waals surface area contributed by atoms with Gasteiger partial charge in [-0.15, -0.1) is 0 Å². The molecule has 110 valence electrons. The predicted octanol–water partition coefficient (Wildman–Crippen LogP) is 2.63. The number of aromatic nitrogens is 2. The molecule has 0 spiro atoms. The molecule has 21 heavy (non-hydrogen) atoms. The Kier molecular flexibility index (Phi) is 4.87. The molecule has 5 heteroatoms. The topological polar surface area (TPSA) is 61.2 Å². The number of nitrogens with zero attached hydrogens (tertiary/aromatic N) is 2. The van der Waals surface area contributed by atoms with Crippen molar-refractivity contribution in [2.45, 2.75) is 26.3 Å². The Morgan fingerprint density at radius 1 is 1.29 bits per heavy atom. The third-order valence-electron chi connectivity index (χ3n) is 3.26. The Morgan fingerprint density at radius 2 is 2.00 bits per heavy atom. The fourth-order valence-electron chi connectivity index (χ4n) is 2.02. The van der Waals surface area contributed by atoms with Crippen LogP contribution in [0.5, 0.6) is 0 Å². The van der Waals surface area contributed by atoms with Crippen LogP contribution >= 0.6 is 0 Å². The number of ketones is 1. The summed E-state index contributed by atoms with van der Waals surface area (Å²) < 4.78 is 6.87. The monoisotopic (exact) mass is 286 g/mol. The standard InChI is InChI=1S/C16H18N2O3/c1-12(19)8-9-21-16(20)15-10-17-11-18(15)13(2)14-6-4-3-5-7-14/h3-7,10-11,13H,8-9H2,1-2H3. The lowest BCUT2D eigenvalue weighted by Gasteiger charge is -2.16. The molecule has 1 atom stereocenters. The lowest BCUT2D eigenvalue weighted by molar-refractivity contribution is -0.117. The summed E-state index contributed by atoms with van der Waals surface area (Å²) in [6.45, 7) is 3.55. The highest BCUT2D eigenvalue weighted by Gasteiger charge is 2.18. The lowest BCUT2D eigenvalue weighted by atomic mass is 10.1. The van der Waals surface area contributed by atoms with Crippen molar-refractivity contribution in [1.29, 1.82) is 0 Å². The molecule has 0 saturated carbocycles. The maximum atomic E-state index is 12.0. The van der Waals surface area contributed by atoms with Crippen LogP contribution in [-0.4, -0.2) is 27.9 Å². The van der Waals surface area contributed by atoms with Gasteiger partial charge in [0.2, 0.25) is 0 Å². The number of imidazole rings is 1. The molecular weight excluding hydrogens is 268 g/mol. The van der Waals surface area contributed by atoms with Crippen LogP contribution < -0.4 is 0 Å². The molecule has 1 heterocycles. The number of rotatable bonds is 6. The quantitative estimate of drug-likeness (QED) is 0.766. The molecule has 0 fully saturated rings. The van der Waals surface area contributed by atoms with E-state index in [1.807, 2.05) is 37.3 Å². The summed E-state index contributed by atoms with van der Waals surface area (Å²) in [5.41, 5.74) is 1.46. The van der Waals surface area contributed by atoms with E-state index in [0.717, 1.165) is 5.56 Å². The summed E-state index contributed by atoms with van der Waals surface area (Å²) in [6.07, 6.45) is 3.32. The highest BCUT2D eigenvalue weighted by molar-refractivity contribution is 5.87. The molecule has 0 radical (unpaired) electrons. The average Bonchev–Trinajstić information content (AvgIpc) is 2.96. The number of hydrogen-bond acceptors (Lipinski definition) is 4. The van der Waals surface area contributed by atoms with Gasteiger partial charge in [-0.2, -0.15) is 0 Å². The van der Waals surface area contributed by atoms with E-state index in [-0.39, 0.29) is 24.9 Å². The van der Waals surface area contributed by atoms with Crippen LogP contribution in [0.3, 0.4) is 0 Å². The SMILES string of the molecule is CC(=O)CCOC(=O)c1cncn1C(C)c1ccccc1. The van der Waals surface area contributed by atoms with Crippen LogP contribution in [0.2, 0.25) is 0 Å². The van der Waals surface area contributed by atoms with Gasteiger partial charge in [0.25, 0.3) is 0 Å². The van der Waals surface area contributed by atoms with Crippen molar-refractivity contribution in [3.8, 4) is 0 Å². The largest absolute Gasteiger partial charge is 0.461 e. The summed E-state index contributed by atoms with van der Waals surface area (Å²) in [4.78, 5) is 26.9. The van der Waals surface area contributed by atoms with Crippen molar-refractivity contribution in [2.24, 2.45) is 0 Å². The summed E-state index contributed by atoms with van der Waals surface area (Å²) in [5, 5.41) is 0. The smallest absolute Gasteiger partial charge is 0.356 e. The molecule has 0 N–H and O–H groups in total. The number of esters is 1. The van der Waals surface area contributed by atoms with E-state index >= 15 is 0 Å². The van der Waals surface area contributed by atoms with Crippen LogP contribution in [0.15, 0.2) is 42.9 Å². The summed E-state index contributed by atoms with van der Waals surface area (Å²) in [6, 6.07) is 9.82. The lowest BCUT2D eigenvalue weighted by Crippen LogP contribution is -2.16. The molecule has 0 aliphatic heterocycles. The molecule has 0 saturated heterocycles. The first-order valence-corrected chi connectivity index (χ1v) is 6.83. The fourth-order valence-corrected chi connectivity index (χ4v) is 2.02. The molecule has 0 amide bonds. The van der Waals surface area contributed by atoms with E-state index < -0.39 is 5.97 Å². The average molecular weight is 286 g/mol. The third-order valence-corrected chi connectivity index (χ3v) is 3.26. The zero-order valence-electron chi connectivity index (χ0n) is 12.2. The van der Waals surface area contributed by atoms with Gasteiger partial charge < -0.3 is 9.30 Å². The molecule has 2 aromatic rings. The van der Waals surface area contributed by atoms with Gasteiger partial charge >= 0.3 is 5.97 Å². The number of ether oxygens (including phenoxy) is 1. The summed E-state index contributed by atoms with van der Waals surface area (Å²) >= 11 is 0. The number of Topliss-reactive ketones (excluding diaryl/α,β-unsaturated/α-hetero) is 1. The molecule has 0 bridgehead atoms. The first-order chi connectivity index (χ1) is 10.1. The van der Waals surface area contributed by atoms with Crippen LogP contribution in [0, 0.1) is 0 Å². The fraction of sp³-hybridized carbons (Fsp3) is 0.312. The maximum Gasteiger partial charge on any atom is 0.356 e. The predicted molar refractivity (Wildman–Crippen MR) is 78.1 cm³/mol. The van der Waals surface area contributed by atoms with Gasteiger partial charge in [-0.05, 0) is 19.4 Å². The van der Waals surface area contributed by atoms with Crippen molar-refractivity contribution in [1.82, 2.24) is 9.55 Å². The Labute approximate surface area is 123 Å². The zero-order chi connectivity index (χ0) is 15.2. The minimum Gasteiger partial charge on any atom is -0.461 e. The van der Waals surface area contributed by atoms with Crippen LogP contribution in [0.25, 0.3) is 0 Å². The molecular formula is C16H18N2O3. The van der Waals surface area contributed by atoms with Gasteiger partial charge in [0.15, 0.2) is 0 Å². The minimum absolute atomic E-state index is 0.00559. The van der Waals surface area contributed by atoms with Crippen molar-refractivity contribution < 1.29 is 14.3 Å². The first kappa shape index (κ1) is 15.0. The number of hydrogen-bond donors (Lipinski definition) is 0. The van der Waals surface area contributed by atoms with E-state index in [1.54, 1.807) is 10.9 Å². The second-order valence-corrected chi connectivity index (χ2v) is 4.86. The molecule has 2 rings (SSSR count). The van der Waals surface area contributed by atoms with Crippen molar-refractivity contribution in [2.75, 3.05) is 6.61 Å². The number of carbonyl (C=O) groups excluding carboxylic acids is 2. The van der Waals surface area contributed by atoms with E-state index in [1.165, 1.54) is 13.1 Å². The third kappa shape index (κ3) is 3.78. The van der Waals surface area contributed by atoms with Crippen LogP contribution in [0.1, 0.15) is 42.4 Å². The van der Waals surface area contributed by atoms with Gasteiger partial charge in [-0.1, -0.05) is 30.3 Å². The van der Waals surface area contributed by atoms with E-state index in [2.05, 4.69) is 4.98 Å². The van der Waals surface area contributed by atoms with Gasteiger partial charge in [0.05, 0.1) is 25.2 Å². The van der Waals surface area contributed by atoms with Gasteiger partial charge in [0, 0.05) is 6.42 Å². The highest BCUT2D eigenvalue weighted by Crippen LogP contribution is 2.19. The Hall–Kier alpha value is -2.43. The van der Waals surface area contributed by atoms with Crippen molar-refractivity contribution in [3.05, 3.63) is 54.1 Å². The Balaban J connectivity index is 2.11. The second kappa shape index (κ2) is 6.83. The van der Waals surface area contributed by atoms with E-state index in [0.29, 0.717) is 5.69 Å². The molecule has 1 aromatic carbocycles.